The second-order valence-electron chi connectivity index (χ2n) is 7.01. The van der Waals surface area contributed by atoms with Crippen LogP contribution in [0.1, 0.15) is 38.8 Å². The minimum Gasteiger partial charge on any atom is -0.350 e. The van der Waals surface area contributed by atoms with Gasteiger partial charge in [0, 0.05) is 31.5 Å². The maximum Gasteiger partial charge on any atom is 0.240 e. The fraction of sp³-hybridized carbons (Fsp3) is 0.350. The highest BCUT2D eigenvalue weighted by Crippen LogP contribution is 2.31. The molecule has 0 unspecified atom stereocenters. The van der Waals surface area contributed by atoms with E-state index < -0.39 is 0 Å². The van der Waals surface area contributed by atoms with E-state index >= 15 is 0 Å². The fourth-order valence-corrected chi connectivity index (χ4v) is 2.61. The average Bonchev–Trinajstić information content (AvgIpc) is 2.58. The molecule has 2 amide bonds. The summed E-state index contributed by atoms with van der Waals surface area (Å²) in [6.45, 7) is 8.13. The zero-order valence-corrected chi connectivity index (χ0v) is 15.2. The number of anilines is 1. The number of nitrogens with zero attached hydrogens (tertiary/aromatic N) is 2. The number of rotatable bonds is 5. The predicted molar refractivity (Wildman–Crippen MR) is 99.3 cm³/mol. The highest BCUT2D eigenvalue weighted by molar-refractivity contribution is 5.98. The van der Waals surface area contributed by atoms with Gasteiger partial charge in [0.05, 0.1) is 0 Å². The van der Waals surface area contributed by atoms with Crippen LogP contribution in [0.5, 0.6) is 0 Å². The van der Waals surface area contributed by atoms with Gasteiger partial charge in [-0.3, -0.25) is 14.6 Å². The smallest absolute Gasteiger partial charge is 0.240 e. The highest BCUT2D eigenvalue weighted by Gasteiger charge is 2.24. The molecule has 0 aliphatic carbocycles. The van der Waals surface area contributed by atoms with Gasteiger partial charge in [-0.25, -0.2) is 0 Å². The summed E-state index contributed by atoms with van der Waals surface area (Å²) < 4.78 is 0. The summed E-state index contributed by atoms with van der Waals surface area (Å²) >= 11 is 0. The SMILES string of the molecule is CC(=O)N(CC(=O)NCc1cccnc1)c1ccccc1C(C)(C)C. The maximum absolute atomic E-state index is 12.3. The van der Waals surface area contributed by atoms with Gasteiger partial charge in [-0.1, -0.05) is 45.0 Å². The molecule has 0 fully saturated rings. The van der Waals surface area contributed by atoms with Crippen LogP contribution in [0.2, 0.25) is 0 Å². The summed E-state index contributed by atoms with van der Waals surface area (Å²) in [5.74, 6) is -0.365. The second kappa shape index (κ2) is 7.92. The Balaban J connectivity index is 2.14. The Morgan fingerprint density at radius 3 is 2.44 bits per heavy atom. The lowest BCUT2D eigenvalue weighted by molar-refractivity contribution is -0.123. The number of benzene rings is 1. The van der Waals surface area contributed by atoms with E-state index in [9.17, 15) is 9.59 Å². The van der Waals surface area contributed by atoms with Crippen LogP contribution in [0.15, 0.2) is 48.8 Å². The first-order valence-corrected chi connectivity index (χ1v) is 8.32. The second-order valence-corrected chi connectivity index (χ2v) is 7.01. The van der Waals surface area contributed by atoms with Crippen LogP contribution in [0.3, 0.4) is 0 Å². The van der Waals surface area contributed by atoms with Crippen molar-refractivity contribution in [2.24, 2.45) is 0 Å². The van der Waals surface area contributed by atoms with Crippen molar-refractivity contribution in [2.45, 2.75) is 39.7 Å². The summed E-state index contributed by atoms with van der Waals surface area (Å²) in [6.07, 6.45) is 3.39. The molecule has 0 bridgehead atoms. The molecule has 0 aliphatic rings. The Kier molecular flexibility index (Phi) is 5.91. The summed E-state index contributed by atoms with van der Waals surface area (Å²) in [6, 6.07) is 11.4. The number of pyridine rings is 1. The van der Waals surface area contributed by atoms with E-state index in [2.05, 4.69) is 31.1 Å². The Morgan fingerprint density at radius 2 is 1.84 bits per heavy atom. The van der Waals surface area contributed by atoms with Gasteiger partial charge in [0.15, 0.2) is 0 Å². The molecule has 0 saturated carbocycles. The molecule has 0 atom stereocenters. The van der Waals surface area contributed by atoms with Gasteiger partial charge in [0.25, 0.3) is 0 Å². The summed E-state index contributed by atoms with van der Waals surface area (Å²) in [4.78, 5) is 30.1. The lowest BCUT2D eigenvalue weighted by atomic mass is 9.85. The van der Waals surface area contributed by atoms with Gasteiger partial charge in [0.2, 0.25) is 11.8 Å². The van der Waals surface area contributed by atoms with E-state index in [0.29, 0.717) is 6.54 Å². The van der Waals surface area contributed by atoms with Crippen molar-refractivity contribution >= 4 is 17.5 Å². The first-order valence-electron chi connectivity index (χ1n) is 8.32. The van der Waals surface area contributed by atoms with Crippen molar-refractivity contribution in [3.8, 4) is 0 Å². The number of nitrogens with one attached hydrogen (secondary N) is 1. The first kappa shape index (κ1) is 18.6. The van der Waals surface area contributed by atoms with Crippen LogP contribution in [0.25, 0.3) is 0 Å². The Hall–Kier alpha value is -2.69. The fourth-order valence-electron chi connectivity index (χ4n) is 2.61. The van der Waals surface area contributed by atoms with Gasteiger partial charge in [-0.2, -0.15) is 0 Å². The first-order chi connectivity index (χ1) is 11.8. The van der Waals surface area contributed by atoms with Crippen molar-refractivity contribution in [1.82, 2.24) is 10.3 Å². The van der Waals surface area contributed by atoms with Gasteiger partial charge in [0.1, 0.15) is 6.54 Å². The third-order valence-corrected chi connectivity index (χ3v) is 3.90. The molecule has 0 aliphatic heterocycles. The average molecular weight is 339 g/mol. The predicted octanol–water partition coefficient (Wildman–Crippen LogP) is 3.05. The molecule has 1 aromatic heterocycles. The van der Waals surface area contributed by atoms with Crippen LogP contribution in [0, 0.1) is 0 Å². The number of carbonyl (C=O) groups excluding carboxylic acids is 2. The lowest BCUT2D eigenvalue weighted by Crippen LogP contribution is -2.40. The number of para-hydroxylation sites is 1. The monoisotopic (exact) mass is 339 g/mol. The standard InChI is InChI=1S/C20H25N3O2/c1-15(24)23(18-10-6-5-9-17(18)20(2,3)4)14-19(25)22-13-16-8-7-11-21-12-16/h5-12H,13-14H2,1-4H3,(H,22,25). The third-order valence-electron chi connectivity index (χ3n) is 3.90. The molecule has 1 aromatic carbocycles. The molecule has 2 rings (SSSR count). The largest absolute Gasteiger partial charge is 0.350 e. The van der Waals surface area contributed by atoms with Gasteiger partial charge in [-0.05, 0) is 28.7 Å². The molecule has 132 valence electrons. The lowest BCUT2D eigenvalue weighted by Gasteiger charge is -2.29. The molecular formula is C20H25N3O2. The van der Waals surface area contributed by atoms with Crippen molar-refractivity contribution in [3.05, 3.63) is 59.9 Å². The molecule has 2 aromatic rings. The molecule has 1 N–H and O–H groups in total. The number of aromatic nitrogens is 1. The Labute approximate surface area is 149 Å². The van der Waals surface area contributed by atoms with E-state index in [4.69, 9.17) is 0 Å². The Morgan fingerprint density at radius 1 is 1.12 bits per heavy atom. The van der Waals surface area contributed by atoms with Crippen molar-refractivity contribution in [2.75, 3.05) is 11.4 Å². The maximum atomic E-state index is 12.3. The molecule has 25 heavy (non-hydrogen) atoms. The number of hydrogen-bond acceptors (Lipinski definition) is 3. The highest BCUT2D eigenvalue weighted by atomic mass is 16.2. The van der Waals surface area contributed by atoms with Gasteiger partial charge >= 0.3 is 0 Å². The van der Waals surface area contributed by atoms with Crippen LogP contribution in [-0.2, 0) is 21.5 Å². The normalized spacial score (nSPS) is 11.0. The summed E-state index contributed by atoms with van der Waals surface area (Å²) in [7, 11) is 0. The van der Waals surface area contributed by atoms with E-state index in [0.717, 1.165) is 16.8 Å². The van der Waals surface area contributed by atoms with Crippen molar-refractivity contribution < 1.29 is 9.59 Å². The van der Waals surface area contributed by atoms with Gasteiger partial charge in [-0.15, -0.1) is 0 Å². The Bertz CT molecular complexity index is 736. The summed E-state index contributed by atoms with van der Waals surface area (Å²) in [5.41, 5.74) is 2.60. The minimum absolute atomic E-state index is 0.0112. The van der Waals surface area contributed by atoms with E-state index in [-0.39, 0.29) is 23.8 Å². The third kappa shape index (κ3) is 5.14. The molecule has 0 radical (unpaired) electrons. The van der Waals surface area contributed by atoms with E-state index in [1.54, 1.807) is 12.4 Å². The van der Waals surface area contributed by atoms with Crippen LogP contribution < -0.4 is 10.2 Å². The van der Waals surface area contributed by atoms with E-state index in [1.807, 2.05) is 36.4 Å². The zero-order valence-electron chi connectivity index (χ0n) is 15.2. The topological polar surface area (TPSA) is 62.3 Å². The molecule has 5 heteroatoms. The van der Waals surface area contributed by atoms with Gasteiger partial charge < -0.3 is 10.2 Å². The molecule has 0 spiro atoms. The minimum atomic E-state index is -0.206. The molecular weight excluding hydrogens is 314 g/mol. The number of carbonyl (C=O) groups is 2. The molecule has 0 saturated heterocycles. The number of hydrogen-bond donors (Lipinski definition) is 1. The van der Waals surface area contributed by atoms with Crippen LogP contribution in [-0.4, -0.2) is 23.3 Å². The summed E-state index contributed by atoms with van der Waals surface area (Å²) in [5, 5.41) is 2.84. The van der Waals surface area contributed by atoms with Crippen molar-refractivity contribution in [3.63, 3.8) is 0 Å². The quantitative estimate of drug-likeness (QED) is 0.911. The molecule has 1 heterocycles. The van der Waals surface area contributed by atoms with Crippen LogP contribution >= 0.6 is 0 Å². The van der Waals surface area contributed by atoms with Crippen molar-refractivity contribution in [1.29, 1.82) is 0 Å². The molecule has 5 nitrogen and oxygen atoms in total. The zero-order chi connectivity index (χ0) is 18.4. The van der Waals surface area contributed by atoms with Crippen LogP contribution in [0.4, 0.5) is 5.69 Å². The number of amides is 2. The van der Waals surface area contributed by atoms with E-state index in [1.165, 1.54) is 11.8 Å².